The molecule has 0 saturated carbocycles. The first-order valence-electron chi connectivity index (χ1n) is 5.65. The van der Waals surface area contributed by atoms with E-state index in [2.05, 4.69) is 22.4 Å². The minimum Gasteiger partial charge on any atom is -0.384 e. The number of aryl methyl sites for hydroxylation is 1. The summed E-state index contributed by atoms with van der Waals surface area (Å²) >= 11 is 0. The highest BCUT2D eigenvalue weighted by Crippen LogP contribution is 2.27. The Morgan fingerprint density at radius 3 is 3.06 bits per heavy atom. The Morgan fingerprint density at radius 1 is 1.31 bits per heavy atom. The number of hydrogen-bond donors (Lipinski definition) is 2. The summed E-state index contributed by atoms with van der Waals surface area (Å²) in [6, 6.07) is 6.18. The summed E-state index contributed by atoms with van der Waals surface area (Å²) in [5.74, 6) is 0. The molecule has 3 rings (SSSR count). The van der Waals surface area contributed by atoms with Crippen LogP contribution in [0.2, 0.25) is 0 Å². The molecule has 0 saturated heterocycles. The van der Waals surface area contributed by atoms with Crippen molar-refractivity contribution in [3.8, 4) is 0 Å². The number of aromatic amines is 1. The van der Waals surface area contributed by atoms with Gasteiger partial charge in [0.25, 0.3) is 5.56 Å². The van der Waals surface area contributed by atoms with Crippen molar-refractivity contribution in [2.45, 2.75) is 19.8 Å². The normalized spacial score (nSPS) is 14.6. The lowest BCUT2D eigenvalue weighted by Gasteiger charge is -2.19. The van der Waals surface area contributed by atoms with Gasteiger partial charge in [-0.1, -0.05) is 12.1 Å². The fourth-order valence-corrected chi connectivity index (χ4v) is 2.37. The average Bonchev–Trinajstić information content (AvgIpc) is 2.29. The smallest absolute Gasteiger partial charge is 0.253 e. The molecule has 1 aromatic carbocycles. The number of aromatic nitrogens is 1. The lowest BCUT2D eigenvalue weighted by Crippen LogP contribution is -2.22. The zero-order valence-corrected chi connectivity index (χ0v) is 9.26. The van der Waals surface area contributed by atoms with E-state index in [9.17, 15) is 4.79 Å². The molecular formula is C13H14N2O. The van der Waals surface area contributed by atoms with Crippen molar-refractivity contribution in [1.29, 1.82) is 0 Å². The van der Waals surface area contributed by atoms with E-state index in [1.165, 1.54) is 5.56 Å². The van der Waals surface area contributed by atoms with Crippen LogP contribution in [0.25, 0.3) is 10.9 Å². The monoisotopic (exact) mass is 214 g/mol. The minimum atomic E-state index is 0.0558. The third-order valence-corrected chi connectivity index (χ3v) is 3.17. The summed E-state index contributed by atoms with van der Waals surface area (Å²) in [7, 11) is 0. The number of rotatable bonds is 0. The van der Waals surface area contributed by atoms with Crippen LogP contribution >= 0.6 is 0 Å². The van der Waals surface area contributed by atoms with Crippen LogP contribution in [-0.4, -0.2) is 11.5 Å². The molecule has 0 atom stereocenters. The third-order valence-electron chi connectivity index (χ3n) is 3.17. The highest BCUT2D eigenvalue weighted by atomic mass is 16.1. The van der Waals surface area contributed by atoms with Gasteiger partial charge in [0.1, 0.15) is 0 Å². The SMILES string of the molecule is Cc1ccc2c3c(c(=O)[nH]c2c1)CCCN3. The van der Waals surface area contributed by atoms with Gasteiger partial charge in [-0.15, -0.1) is 0 Å². The minimum absolute atomic E-state index is 0.0558. The first-order chi connectivity index (χ1) is 7.75. The molecule has 16 heavy (non-hydrogen) atoms. The molecule has 0 amide bonds. The molecule has 82 valence electrons. The summed E-state index contributed by atoms with van der Waals surface area (Å²) < 4.78 is 0. The predicted octanol–water partition coefficient (Wildman–Crippen LogP) is 2.19. The lowest BCUT2D eigenvalue weighted by molar-refractivity contribution is 0.820. The zero-order valence-electron chi connectivity index (χ0n) is 9.26. The van der Waals surface area contributed by atoms with Crippen molar-refractivity contribution in [2.24, 2.45) is 0 Å². The second-order valence-corrected chi connectivity index (χ2v) is 4.39. The summed E-state index contributed by atoms with van der Waals surface area (Å²) in [5, 5.41) is 4.47. The molecule has 1 aliphatic heterocycles. The second-order valence-electron chi connectivity index (χ2n) is 4.39. The van der Waals surface area contributed by atoms with E-state index in [0.29, 0.717) is 0 Å². The summed E-state index contributed by atoms with van der Waals surface area (Å²) in [6.07, 6.45) is 1.91. The molecule has 0 bridgehead atoms. The molecule has 2 heterocycles. The van der Waals surface area contributed by atoms with Crippen LogP contribution in [-0.2, 0) is 6.42 Å². The van der Waals surface area contributed by atoms with Gasteiger partial charge >= 0.3 is 0 Å². The number of fused-ring (bicyclic) bond motifs is 3. The van der Waals surface area contributed by atoms with Crippen LogP contribution in [0.4, 0.5) is 5.69 Å². The molecule has 0 radical (unpaired) electrons. The summed E-state index contributed by atoms with van der Waals surface area (Å²) in [4.78, 5) is 14.9. The number of nitrogens with one attached hydrogen (secondary N) is 2. The van der Waals surface area contributed by atoms with E-state index in [-0.39, 0.29) is 5.56 Å². The maximum atomic E-state index is 11.9. The number of H-pyrrole nitrogens is 1. The van der Waals surface area contributed by atoms with Crippen molar-refractivity contribution in [3.63, 3.8) is 0 Å². The van der Waals surface area contributed by atoms with E-state index in [1.807, 2.05) is 13.0 Å². The van der Waals surface area contributed by atoms with Crippen LogP contribution in [0.1, 0.15) is 17.5 Å². The maximum Gasteiger partial charge on any atom is 0.253 e. The number of benzene rings is 1. The van der Waals surface area contributed by atoms with Crippen molar-refractivity contribution < 1.29 is 0 Å². The average molecular weight is 214 g/mol. The topological polar surface area (TPSA) is 44.9 Å². The van der Waals surface area contributed by atoms with E-state index in [0.717, 1.165) is 41.5 Å². The molecule has 3 heteroatoms. The van der Waals surface area contributed by atoms with Gasteiger partial charge < -0.3 is 10.3 Å². The van der Waals surface area contributed by atoms with Crippen molar-refractivity contribution in [1.82, 2.24) is 4.98 Å². The highest BCUT2D eigenvalue weighted by Gasteiger charge is 2.15. The molecule has 0 aliphatic carbocycles. The molecule has 0 fully saturated rings. The van der Waals surface area contributed by atoms with E-state index in [4.69, 9.17) is 0 Å². The molecular weight excluding hydrogens is 200 g/mol. The van der Waals surface area contributed by atoms with Gasteiger partial charge in [0, 0.05) is 17.5 Å². The Hall–Kier alpha value is -1.77. The summed E-state index contributed by atoms with van der Waals surface area (Å²) in [6.45, 7) is 2.99. The van der Waals surface area contributed by atoms with Gasteiger partial charge in [-0.25, -0.2) is 0 Å². The van der Waals surface area contributed by atoms with E-state index in [1.54, 1.807) is 0 Å². The Balaban J connectivity index is 2.42. The van der Waals surface area contributed by atoms with Crippen LogP contribution < -0.4 is 10.9 Å². The first kappa shape index (κ1) is 9.46. The van der Waals surface area contributed by atoms with Crippen molar-refractivity contribution in [2.75, 3.05) is 11.9 Å². The van der Waals surface area contributed by atoms with Crippen LogP contribution in [0.15, 0.2) is 23.0 Å². The molecule has 0 spiro atoms. The Labute approximate surface area is 93.5 Å². The number of hydrogen-bond acceptors (Lipinski definition) is 2. The standard InChI is InChI=1S/C13H14N2O/c1-8-4-5-9-11(7-8)15-13(16)10-3-2-6-14-12(9)10/h4-5,7,14H,2-3,6H2,1H3,(H,15,16). The fraction of sp³-hybridized carbons (Fsp3) is 0.308. The van der Waals surface area contributed by atoms with Gasteiger partial charge in [0.2, 0.25) is 0 Å². The quantitative estimate of drug-likeness (QED) is 0.706. The lowest BCUT2D eigenvalue weighted by atomic mass is 10.0. The van der Waals surface area contributed by atoms with Crippen molar-refractivity contribution >= 4 is 16.6 Å². The zero-order chi connectivity index (χ0) is 11.1. The van der Waals surface area contributed by atoms with E-state index >= 15 is 0 Å². The van der Waals surface area contributed by atoms with Crippen molar-refractivity contribution in [3.05, 3.63) is 39.7 Å². The van der Waals surface area contributed by atoms with Gasteiger partial charge in [-0.05, 0) is 31.4 Å². The third kappa shape index (κ3) is 1.32. The first-order valence-corrected chi connectivity index (χ1v) is 5.65. The Kier molecular flexibility index (Phi) is 1.99. The number of anilines is 1. The molecule has 0 unspecified atom stereocenters. The maximum absolute atomic E-state index is 11.9. The molecule has 1 aliphatic rings. The fourth-order valence-electron chi connectivity index (χ4n) is 2.37. The molecule has 1 aromatic heterocycles. The highest BCUT2D eigenvalue weighted by molar-refractivity contribution is 5.93. The van der Waals surface area contributed by atoms with E-state index < -0.39 is 0 Å². The van der Waals surface area contributed by atoms with Gasteiger partial charge in [0.15, 0.2) is 0 Å². The van der Waals surface area contributed by atoms with Crippen LogP contribution in [0, 0.1) is 6.92 Å². The largest absolute Gasteiger partial charge is 0.384 e. The van der Waals surface area contributed by atoms with Gasteiger partial charge in [-0.2, -0.15) is 0 Å². The summed E-state index contributed by atoms with van der Waals surface area (Å²) in [5.41, 5.74) is 4.09. The molecule has 3 nitrogen and oxygen atoms in total. The van der Waals surface area contributed by atoms with Crippen LogP contribution in [0.3, 0.4) is 0 Å². The van der Waals surface area contributed by atoms with Gasteiger partial charge in [0.05, 0.1) is 11.2 Å². The second kappa shape index (κ2) is 3.37. The number of pyridine rings is 1. The Morgan fingerprint density at radius 2 is 2.19 bits per heavy atom. The predicted molar refractivity (Wildman–Crippen MR) is 66.1 cm³/mol. The molecule has 2 N–H and O–H groups in total. The van der Waals surface area contributed by atoms with Gasteiger partial charge in [-0.3, -0.25) is 4.79 Å². The van der Waals surface area contributed by atoms with Crippen LogP contribution in [0.5, 0.6) is 0 Å². The Bertz CT molecular complexity index is 613. The molecule has 2 aromatic rings.